The van der Waals surface area contributed by atoms with Gasteiger partial charge in [0.1, 0.15) is 5.69 Å². The summed E-state index contributed by atoms with van der Waals surface area (Å²) in [6.07, 6.45) is -0.461. The van der Waals surface area contributed by atoms with Crippen LogP contribution in [0.3, 0.4) is 0 Å². The minimum atomic E-state index is -0.288. The summed E-state index contributed by atoms with van der Waals surface area (Å²) in [5.41, 5.74) is 7.97. The molecule has 1 aromatic heterocycles. The second-order valence-electron chi connectivity index (χ2n) is 5.78. The summed E-state index contributed by atoms with van der Waals surface area (Å²) in [6, 6.07) is 6.09. The fourth-order valence-electron chi connectivity index (χ4n) is 3.25. The third-order valence-electron chi connectivity index (χ3n) is 4.26. The number of ether oxygens (including phenoxy) is 2. The molecule has 0 aliphatic carbocycles. The van der Waals surface area contributed by atoms with Crippen LogP contribution in [0.4, 0.5) is 5.69 Å². The van der Waals surface area contributed by atoms with Crippen LogP contribution in [0.5, 0.6) is 0 Å². The van der Waals surface area contributed by atoms with E-state index in [1.807, 2.05) is 19.1 Å². The van der Waals surface area contributed by atoms with Gasteiger partial charge in [-0.15, -0.1) is 11.8 Å². The average Bonchev–Trinajstić information content (AvgIpc) is 2.95. The average molecular weight is 333 g/mol. The molecule has 0 radical (unpaired) electrons. The first-order chi connectivity index (χ1) is 11.2. The van der Waals surface area contributed by atoms with Gasteiger partial charge in [-0.25, -0.2) is 0 Å². The molecule has 4 rings (SSSR count). The van der Waals surface area contributed by atoms with Crippen molar-refractivity contribution in [1.82, 2.24) is 4.98 Å². The van der Waals surface area contributed by atoms with Crippen molar-refractivity contribution in [3.8, 4) is 0 Å². The number of thioether (sulfide) groups is 1. The van der Waals surface area contributed by atoms with Crippen molar-refractivity contribution in [2.24, 2.45) is 5.73 Å². The van der Waals surface area contributed by atoms with Gasteiger partial charge in [-0.2, -0.15) is 0 Å². The van der Waals surface area contributed by atoms with Crippen molar-refractivity contribution < 1.29 is 9.47 Å². The molecule has 2 aliphatic heterocycles. The molecular weight excluding hydrogens is 314 g/mol. The van der Waals surface area contributed by atoms with E-state index in [0.717, 1.165) is 27.1 Å². The van der Waals surface area contributed by atoms with Crippen LogP contribution in [0.15, 0.2) is 27.9 Å². The minimum Gasteiger partial charge on any atom is -0.380 e. The van der Waals surface area contributed by atoms with Gasteiger partial charge in [0.05, 0.1) is 5.92 Å². The predicted octanol–water partition coefficient (Wildman–Crippen LogP) is 1.81. The van der Waals surface area contributed by atoms with Gasteiger partial charge in [0, 0.05) is 40.2 Å². The maximum atomic E-state index is 12.3. The number of aromatic nitrogens is 1. The second-order valence-corrected chi connectivity index (χ2v) is 6.95. The van der Waals surface area contributed by atoms with Crippen LogP contribution in [0.2, 0.25) is 0 Å². The Morgan fingerprint density at radius 2 is 2.22 bits per heavy atom. The summed E-state index contributed by atoms with van der Waals surface area (Å²) in [5, 5.41) is 4.25. The number of nitrogens with one attached hydrogen (secondary N) is 2. The Kier molecular flexibility index (Phi) is 3.81. The van der Waals surface area contributed by atoms with Gasteiger partial charge in [0.2, 0.25) is 0 Å². The Bertz CT molecular complexity index is 801. The van der Waals surface area contributed by atoms with Crippen molar-refractivity contribution in [3.63, 3.8) is 0 Å². The lowest BCUT2D eigenvalue weighted by atomic mass is 9.96. The highest BCUT2D eigenvalue weighted by Crippen LogP contribution is 2.41. The number of rotatable bonds is 4. The van der Waals surface area contributed by atoms with Gasteiger partial charge < -0.3 is 25.5 Å². The molecule has 0 spiro atoms. The van der Waals surface area contributed by atoms with Crippen LogP contribution < -0.4 is 16.6 Å². The summed E-state index contributed by atoms with van der Waals surface area (Å²) in [6.45, 7) is 3.16. The van der Waals surface area contributed by atoms with E-state index in [4.69, 9.17) is 15.2 Å². The number of aromatic amines is 1. The van der Waals surface area contributed by atoms with E-state index in [-0.39, 0.29) is 24.1 Å². The number of pyridine rings is 1. The van der Waals surface area contributed by atoms with Crippen molar-refractivity contribution in [2.75, 3.05) is 24.2 Å². The summed E-state index contributed by atoms with van der Waals surface area (Å²) >= 11 is 1.71. The molecule has 7 heteroatoms. The van der Waals surface area contributed by atoms with E-state index in [1.165, 1.54) is 0 Å². The molecule has 2 aromatic rings. The molecule has 1 saturated heterocycles. The zero-order valence-electron chi connectivity index (χ0n) is 12.8. The SMILES string of the molecule is CC1OC(C2CNc3c2c2cc(SCCN)ccc2[nH]c3=O)O1. The van der Waals surface area contributed by atoms with Crippen molar-refractivity contribution in [1.29, 1.82) is 0 Å². The second kappa shape index (κ2) is 5.83. The number of fused-ring (bicyclic) bond motifs is 3. The lowest BCUT2D eigenvalue weighted by molar-refractivity contribution is -0.381. The number of H-pyrrole nitrogens is 1. The fourth-order valence-corrected chi connectivity index (χ4v) is 3.97. The predicted molar refractivity (Wildman–Crippen MR) is 91.0 cm³/mol. The molecular formula is C16H19N3O3S. The molecule has 4 N–H and O–H groups in total. The largest absolute Gasteiger partial charge is 0.380 e. The quantitative estimate of drug-likeness (QED) is 0.740. The van der Waals surface area contributed by atoms with E-state index in [9.17, 15) is 4.79 Å². The van der Waals surface area contributed by atoms with E-state index in [1.54, 1.807) is 11.8 Å². The van der Waals surface area contributed by atoms with Crippen LogP contribution in [-0.2, 0) is 9.47 Å². The monoisotopic (exact) mass is 333 g/mol. The number of hydrogen-bond acceptors (Lipinski definition) is 6. The standard InChI is InChI=1S/C16H19N3O3S/c1-8-21-16(22-8)11-7-18-14-13(11)10-6-9(23-5-4-17)2-3-12(10)19-15(14)20/h2-3,6,8,11,16,18H,4-5,7,17H2,1H3,(H,19,20). The van der Waals surface area contributed by atoms with Crippen molar-refractivity contribution >= 4 is 28.4 Å². The van der Waals surface area contributed by atoms with Crippen molar-refractivity contribution in [2.45, 2.75) is 30.3 Å². The van der Waals surface area contributed by atoms with Crippen LogP contribution in [0.1, 0.15) is 18.4 Å². The van der Waals surface area contributed by atoms with Gasteiger partial charge in [0.15, 0.2) is 12.6 Å². The third kappa shape index (κ3) is 2.53. The first kappa shape index (κ1) is 15.0. The summed E-state index contributed by atoms with van der Waals surface area (Å²) in [7, 11) is 0. The number of benzene rings is 1. The molecule has 0 amide bonds. The van der Waals surface area contributed by atoms with Crippen LogP contribution in [0, 0.1) is 0 Å². The van der Waals surface area contributed by atoms with E-state index in [2.05, 4.69) is 16.4 Å². The van der Waals surface area contributed by atoms with Gasteiger partial charge in [0.25, 0.3) is 5.56 Å². The van der Waals surface area contributed by atoms with Crippen molar-refractivity contribution in [3.05, 3.63) is 34.1 Å². The van der Waals surface area contributed by atoms with E-state index < -0.39 is 0 Å². The normalized spacial score (nSPS) is 25.9. The molecule has 3 heterocycles. The summed E-state index contributed by atoms with van der Waals surface area (Å²) < 4.78 is 11.3. The molecule has 6 nitrogen and oxygen atoms in total. The zero-order chi connectivity index (χ0) is 16.0. The van der Waals surface area contributed by atoms with Gasteiger partial charge in [-0.1, -0.05) is 0 Å². The molecule has 0 bridgehead atoms. The summed E-state index contributed by atoms with van der Waals surface area (Å²) in [4.78, 5) is 16.4. The molecule has 0 saturated carbocycles. The lowest BCUT2D eigenvalue weighted by Gasteiger charge is -2.37. The maximum absolute atomic E-state index is 12.3. The zero-order valence-corrected chi connectivity index (χ0v) is 13.6. The molecule has 122 valence electrons. The molecule has 1 fully saturated rings. The summed E-state index contributed by atoms with van der Waals surface area (Å²) in [5.74, 6) is 0.895. The molecule has 23 heavy (non-hydrogen) atoms. The van der Waals surface area contributed by atoms with Crippen LogP contribution >= 0.6 is 11.8 Å². The maximum Gasteiger partial charge on any atom is 0.272 e. The Morgan fingerprint density at radius 1 is 1.39 bits per heavy atom. The van der Waals surface area contributed by atoms with E-state index in [0.29, 0.717) is 18.8 Å². The first-order valence-corrected chi connectivity index (χ1v) is 8.73. The Balaban J connectivity index is 1.81. The highest BCUT2D eigenvalue weighted by molar-refractivity contribution is 7.99. The first-order valence-electron chi connectivity index (χ1n) is 7.75. The Labute approximate surface area is 137 Å². The number of anilines is 1. The molecule has 2 aliphatic rings. The molecule has 1 unspecified atom stereocenters. The fraction of sp³-hybridized carbons (Fsp3) is 0.438. The minimum absolute atomic E-state index is 0.0285. The van der Waals surface area contributed by atoms with Crippen LogP contribution in [-0.4, -0.2) is 36.4 Å². The van der Waals surface area contributed by atoms with Gasteiger partial charge in [-0.3, -0.25) is 4.79 Å². The molecule has 1 aromatic carbocycles. The molecule has 1 atom stereocenters. The highest BCUT2D eigenvalue weighted by atomic mass is 32.2. The lowest BCUT2D eigenvalue weighted by Crippen LogP contribution is -2.43. The van der Waals surface area contributed by atoms with E-state index >= 15 is 0 Å². The number of nitrogens with two attached hydrogens (primary N) is 1. The highest BCUT2D eigenvalue weighted by Gasteiger charge is 2.41. The Morgan fingerprint density at radius 3 is 2.96 bits per heavy atom. The van der Waals surface area contributed by atoms with Gasteiger partial charge in [-0.05, 0) is 25.1 Å². The van der Waals surface area contributed by atoms with Gasteiger partial charge >= 0.3 is 0 Å². The Hall–Kier alpha value is -1.54. The smallest absolute Gasteiger partial charge is 0.272 e. The third-order valence-corrected chi connectivity index (χ3v) is 5.29. The number of hydrogen-bond donors (Lipinski definition) is 3. The topological polar surface area (TPSA) is 89.4 Å². The van der Waals surface area contributed by atoms with Crippen LogP contribution in [0.25, 0.3) is 10.9 Å².